The van der Waals surface area contributed by atoms with Crippen molar-refractivity contribution in [3.05, 3.63) is 23.9 Å². The monoisotopic (exact) mass is 233 g/mol. The standard InChI is InChI=1S/C13H19N3O/c14-5-9-1-4-13(15-6-9)16-7-10-2-3-12(17)11(10)8-16/h1,4,6,10-12,17H,2-3,5,7-8,14H2. The molecule has 1 saturated heterocycles. The lowest BCUT2D eigenvalue weighted by atomic mass is 10.00. The van der Waals surface area contributed by atoms with Gasteiger partial charge < -0.3 is 15.7 Å². The number of nitrogens with two attached hydrogens (primary N) is 1. The molecule has 4 heteroatoms. The lowest BCUT2D eigenvalue weighted by molar-refractivity contribution is 0.133. The summed E-state index contributed by atoms with van der Waals surface area (Å²) in [6.07, 6.45) is 3.87. The molecule has 1 aromatic heterocycles. The van der Waals surface area contributed by atoms with Crippen molar-refractivity contribution in [2.75, 3.05) is 18.0 Å². The molecule has 1 aliphatic heterocycles. The molecule has 2 aliphatic rings. The number of aromatic nitrogens is 1. The molecule has 3 unspecified atom stereocenters. The van der Waals surface area contributed by atoms with Gasteiger partial charge in [0, 0.05) is 31.7 Å². The maximum absolute atomic E-state index is 9.88. The van der Waals surface area contributed by atoms with Gasteiger partial charge in [0.25, 0.3) is 0 Å². The van der Waals surface area contributed by atoms with Crippen LogP contribution in [0.15, 0.2) is 18.3 Å². The average Bonchev–Trinajstić information content (AvgIpc) is 2.92. The Morgan fingerprint density at radius 3 is 2.88 bits per heavy atom. The van der Waals surface area contributed by atoms with Crippen molar-refractivity contribution in [3.8, 4) is 0 Å². The molecule has 3 N–H and O–H groups in total. The van der Waals surface area contributed by atoms with Crippen LogP contribution in [0, 0.1) is 11.8 Å². The van der Waals surface area contributed by atoms with Gasteiger partial charge in [-0.25, -0.2) is 4.98 Å². The average molecular weight is 233 g/mol. The summed E-state index contributed by atoms with van der Waals surface area (Å²) in [6, 6.07) is 4.07. The Labute approximate surface area is 101 Å². The molecular weight excluding hydrogens is 214 g/mol. The number of fused-ring (bicyclic) bond motifs is 1. The van der Waals surface area contributed by atoms with E-state index >= 15 is 0 Å². The van der Waals surface area contributed by atoms with Crippen LogP contribution in [0.3, 0.4) is 0 Å². The van der Waals surface area contributed by atoms with Crippen LogP contribution in [0.25, 0.3) is 0 Å². The zero-order chi connectivity index (χ0) is 11.8. The molecule has 17 heavy (non-hydrogen) atoms. The molecule has 1 saturated carbocycles. The topological polar surface area (TPSA) is 62.4 Å². The van der Waals surface area contributed by atoms with Crippen LogP contribution in [0.2, 0.25) is 0 Å². The van der Waals surface area contributed by atoms with Crippen molar-refractivity contribution < 1.29 is 5.11 Å². The van der Waals surface area contributed by atoms with E-state index in [-0.39, 0.29) is 6.10 Å². The summed E-state index contributed by atoms with van der Waals surface area (Å²) in [5.74, 6) is 2.12. The first-order valence-electron chi connectivity index (χ1n) is 6.36. The van der Waals surface area contributed by atoms with Crippen molar-refractivity contribution in [2.45, 2.75) is 25.5 Å². The molecule has 1 aromatic rings. The number of aliphatic hydroxyl groups is 1. The van der Waals surface area contributed by atoms with E-state index in [0.29, 0.717) is 18.4 Å². The lowest BCUT2D eigenvalue weighted by Gasteiger charge is -2.19. The Hall–Kier alpha value is -1.13. The van der Waals surface area contributed by atoms with Gasteiger partial charge in [-0.2, -0.15) is 0 Å². The first kappa shape index (κ1) is 11.0. The highest BCUT2D eigenvalue weighted by Crippen LogP contribution is 2.39. The van der Waals surface area contributed by atoms with Gasteiger partial charge in [0.05, 0.1) is 6.10 Å². The number of hydrogen-bond acceptors (Lipinski definition) is 4. The molecule has 4 nitrogen and oxygen atoms in total. The maximum Gasteiger partial charge on any atom is 0.128 e. The number of hydrogen-bond donors (Lipinski definition) is 2. The maximum atomic E-state index is 9.88. The number of pyridine rings is 1. The summed E-state index contributed by atoms with van der Waals surface area (Å²) in [5.41, 5.74) is 6.62. The summed E-state index contributed by atoms with van der Waals surface area (Å²) in [4.78, 5) is 6.74. The third kappa shape index (κ3) is 1.91. The highest BCUT2D eigenvalue weighted by molar-refractivity contribution is 5.41. The largest absolute Gasteiger partial charge is 0.393 e. The van der Waals surface area contributed by atoms with Crippen molar-refractivity contribution in [2.24, 2.45) is 17.6 Å². The third-order valence-electron chi connectivity index (χ3n) is 4.19. The first-order chi connectivity index (χ1) is 8.28. The summed E-state index contributed by atoms with van der Waals surface area (Å²) in [5, 5.41) is 9.88. The van der Waals surface area contributed by atoms with Crippen molar-refractivity contribution >= 4 is 5.82 Å². The van der Waals surface area contributed by atoms with Gasteiger partial charge in [0.1, 0.15) is 5.82 Å². The second kappa shape index (κ2) is 4.27. The van der Waals surface area contributed by atoms with Gasteiger partial charge >= 0.3 is 0 Å². The molecule has 0 aromatic carbocycles. The van der Waals surface area contributed by atoms with Gasteiger partial charge in [-0.15, -0.1) is 0 Å². The smallest absolute Gasteiger partial charge is 0.128 e. The fraction of sp³-hybridized carbons (Fsp3) is 0.615. The van der Waals surface area contributed by atoms with E-state index in [0.717, 1.165) is 37.3 Å². The molecule has 1 aliphatic carbocycles. The van der Waals surface area contributed by atoms with Gasteiger partial charge in [-0.3, -0.25) is 0 Å². The second-order valence-electron chi connectivity index (χ2n) is 5.20. The highest BCUT2D eigenvalue weighted by atomic mass is 16.3. The number of aliphatic hydroxyl groups excluding tert-OH is 1. The molecule has 2 fully saturated rings. The van der Waals surface area contributed by atoms with Crippen LogP contribution in [-0.2, 0) is 6.54 Å². The minimum absolute atomic E-state index is 0.103. The molecule has 92 valence electrons. The van der Waals surface area contributed by atoms with Crippen LogP contribution >= 0.6 is 0 Å². The molecule has 0 bridgehead atoms. The van der Waals surface area contributed by atoms with E-state index in [2.05, 4.69) is 9.88 Å². The van der Waals surface area contributed by atoms with Crippen LogP contribution in [0.4, 0.5) is 5.82 Å². The third-order valence-corrected chi connectivity index (χ3v) is 4.19. The van der Waals surface area contributed by atoms with E-state index in [1.54, 1.807) is 0 Å². The Morgan fingerprint density at radius 1 is 1.35 bits per heavy atom. The minimum Gasteiger partial charge on any atom is -0.393 e. The van der Waals surface area contributed by atoms with Crippen molar-refractivity contribution in [3.63, 3.8) is 0 Å². The highest BCUT2D eigenvalue weighted by Gasteiger charge is 2.42. The van der Waals surface area contributed by atoms with Crippen molar-refractivity contribution in [1.29, 1.82) is 0 Å². The lowest BCUT2D eigenvalue weighted by Crippen LogP contribution is -2.25. The Morgan fingerprint density at radius 2 is 2.24 bits per heavy atom. The van der Waals surface area contributed by atoms with E-state index in [1.165, 1.54) is 0 Å². The van der Waals surface area contributed by atoms with Gasteiger partial charge in [-0.1, -0.05) is 6.07 Å². The molecule has 3 rings (SSSR count). The molecule has 2 heterocycles. The van der Waals surface area contributed by atoms with Crippen LogP contribution in [0.5, 0.6) is 0 Å². The molecular formula is C13H19N3O. The van der Waals surface area contributed by atoms with E-state index < -0.39 is 0 Å². The van der Waals surface area contributed by atoms with Gasteiger partial charge in [-0.05, 0) is 30.4 Å². The summed E-state index contributed by atoms with van der Waals surface area (Å²) < 4.78 is 0. The Balaban J connectivity index is 1.73. The van der Waals surface area contributed by atoms with Crippen molar-refractivity contribution in [1.82, 2.24) is 4.98 Å². The van der Waals surface area contributed by atoms with Gasteiger partial charge in [0.2, 0.25) is 0 Å². The number of nitrogens with zero attached hydrogens (tertiary/aromatic N) is 2. The van der Waals surface area contributed by atoms with Crippen LogP contribution < -0.4 is 10.6 Å². The zero-order valence-corrected chi connectivity index (χ0v) is 9.92. The first-order valence-corrected chi connectivity index (χ1v) is 6.36. The number of anilines is 1. The predicted octanol–water partition coefficient (Wildman–Crippen LogP) is 0.747. The molecule has 0 amide bonds. The fourth-order valence-corrected chi connectivity index (χ4v) is 3.15. The quantitative estimate of drug-likeness (QED) is 0.791. The van der Waals surface area contributed by atoms with E-state index in [1.807, 2.05) is 18.3 Å². The van der Waals surface area contributed by atoms with E-state index in [4.69, 9.17) is 5.73 Å². The SMILES string of the molecule is NCc1ccc(N2CC3CCC(O)C3C2)nc1. The molecule has 0 radical (unpaired) electrons. The second-order valence-corrected chi connectivity index (χ2v) is 5.20. The normalized spacial score (nSPS) is 31.9. The molecule has 0 spiro atoms. The van der Waals surface area contributed by atoms with E-state index in [9.17, 15) is 5.11 Å². The summed E-state index contributed by atoms with van der Waals surface area (Å²) in [6.45, 7) is 2.52. The van der Waals surface area contributed by atoms with Crippen LogP contribution in [0.1, 0.15) is 18.4 Å². The van der Waals surface area contributed by atoms with Crippen LogP contribution in [-0.4, -0.2) is 29.3 Å². The predicted molar refractivity (Wildman–Crippen MR) is 66.6 cm³/mol. The Kier molecular flexibility index (Phi) is 2.76. The number of rotatable bonds is 2. The summed E-state index contributed by atoms with van der Waals surface area (Å²) >= 11 is 0. The fourth-order valence-electron chi connectivity index (χ4n) is 3.15. The zero-order valence-electron chi connectivity index (χ0n) is 9.92. The molecule has 3 atom stereocenters. The van der Waals surface area contributed by atoms with Gasteiger partial charge in [0.15, 0.2) is 0 Å². The summed E-state index contributed by atoms with van der Waals surface area (Å²) in [7, 11) is 0. The minimum atomic E-state index is -0.103. The Bertz CT molecular complexity index is 392.